The molecule has 0 saturated carbocycles. The molecule has 3 unspecified atom stereocenters. The minimum Gasteiger partial charge on any atom is -0.507 e. The maximum atomic E-state index is 12.9. The van der Waals surface area contributed by atoms with Crippen LogP contribution in [0.3, 0.4) is 0 Å². The molecule has 0 aliphatic heterocycles. The van der Waals surface area contributed by atoms with Crippen LogP contribution in [-0.2, 0) is 9.59 Å². The number of unbranched alkanes of at least 4 members (excludes halogenated alkanes) is 1. The summed E-state index contributed by atoms with van der Waals surface area (Å²) in [5, 5.41) is 26.9. The van der Waals surface area contributed by atoms with E-state index in [1.54, 1.807) is 7.05 Å². The predicted molar refractivity (Wildman–Crippen MR) is 198 cm³/mol. The first-order valence-corrected chi connectivity index (χ1v) is 17.7. The van der Waals surface area contributed by atoms with Crippen molar-refractivity contribution in [3.05, 3.63) is 70.2 Å². The normalized spacial score (nSPS) is 17.6. The molecule has 3 atom stereocenters. The molecule has 0 aromatic rings. The number of amides is 1. The van der Waals surface area contributed by atoms with Crippen LogP contribution in [0.2, 0.25) is 0 Å². The molecule has 46 heavy (non-hydrogen) atoms. The summed E-state index contributed by atoms with van der Waals surface area (Å²) in [5.41, 5.74) is 1.51. The van der Waals surface area contributed by atoms with Gasteiger partial charge in [-0.1, -0.05) is 118 Å². The second-order valence-corrected chi connectivity index (χ2v) is 11.6. The lowest BCUT2D eigenvalue weighted by Gasteiger charge is -2.22. The van der Waals surface area contributed by atoms with Crippen LogP contribution in [0, 0.1) is 11.8 Å². The number of rotatable bonds is 13. The Morgan fingerprint density at radius 3 is 2.28 bits per heavy atom. The van der Waals surface area contributed by atoms with Crippen LogP contribution in [0.5, 0.6) is 0 Å². The highest BCUT2D eigenvalue weighted by Crippen LogP contribution is 2.25. The van der Waals surface area contributed by atoms with Gasteiger partial charge < -0.3 is 20.8 Å². The minimum atomic E-state index is -1.23. The third kappa shape index (κ3) is 20.1. The average molecular weight is 662 g/mol. The number of carboxylic acids is 1. The molecular formula is C38H64ClN3O4. The Balaban J connectivity index is 0. The van der Waals surface area contributed by atoms with Gasteiger partial charge in [0.15, 0.2) is 0 Å². The van der Waals surface area contributed by atoms with Crippen LogP contribution in [0.1, 0.15) is 127 Å². The van der Waals surface area contributed by atoms with Gasteiger partial charge in [0, 0.05) is 37.5 Å². The Morgan fingerprint density at radius 1 is 1.07 bits per heavy atom. The van der Waals surface area contributed by atoms with Crippen molar-refractivity contribution in [2.24, 2.45) is 16.8 Å². The standard InChI is InChI=1S/C30H42ClN3O4.C4H10.2C2H6/c1-5-7-20(2)11-13-29(36)34-26(23-8-6-9-27(35)25(18-23)30(37)38)19-28(32-4)33-15-14-22-12-10-21(3)16-24(31)17-22;1-3-4-2;2*1-2/h8-9,12,14-16,18,20-21,26,35H,5-7,10-11,13,17,19H2,1-4H3,(H,32,33)(H,34,36)(H,37,38);3-4H2,1-2H3;2*1-2H3/b15-14+;;;. The van der Waals surface area contributed by atoms with E-state index >= 15 is 0 Å². The topological polar surface area (TPSA) is 111 Å². The Labute approximate surface area is 285 Å². The molecule has 0 bridgehead atoms. The highest BCUT2D eigenvalue weighted by atomic mass is 35.5. The third-order valence-corrected chi connectivity index (χ3v) is 7.43. The Kier molecular flexibility index (Phi) is 27.6. The smallest absolute Gasteiger partial charge is 0.339 e. The molecule has 8 heteroatoms. The van der Waals surface area contributed by atoms with Crippen molar-refractivity contribution in [1.29, 1.82) is 0 Å². The zero-order valence-corrected chi connectivity index (χ0v) is 31.1. The summed E-state index contributed by atoms with van der Waals surface area (Å²) in [5.74, 6) is -0.141. The zero-order valence-electron chi connectivity index (χ0n) is 30.4. The molecule has 0 heterocycles. The maximum absolute atomic E-state index is 12.9. The van der Waals surface area contributed by atoms with Gasteiger partial charge >= 0.3 is 5.97 Å². The fourth-order valence-corrected chi connectivity index (χ4v) is 4.85. The fraction of sp³-hybridized carbons (Fsp3) is 0.605. The Hall–Kier alpha value is -3.06. The number of nitrogens with one attached hydrogen (secondary N) is 2. The molecule has 7 nitrogen and oxygen atoms in total. The van der Waals surface area contributed by atoms with E-state index < -0.39 is 12.0 Å². The van der Waals surface area contributed by atoms with Gasteiger partial charge in [-0.3, -0.25) is 9.79 Å². The molecule has 0 radical (unpaired) electrons. The summed E-state index contributed by atoms with van der Waals surface area (Å²) < 4.78 is 0. The highest BCUT2D eigenvalue weighted by Gasteiger charge is 2.23. The molecule has 1 amide bonds. The van der Waals surface area contributed by atoms with Crippen molar-refractivity contribution in [3.8, 4) is 0 Å². The molecule has 0 fully saturated rings. The van der Waals surface area contributed by atoms with E-state index in [1.807, 2.05) is 46.0 Å². The van der Waals surface area contributed by atoms with E-state index in [0.29, 0.717) is 48.9 Å². The molecule has 2 rings (SSSR count). The summed E-state index contributed by atoms with van der Waals surface area (Å²) >= 11 is 6.33. The number of amidine groups is 1. The number of carboxylic acid groups (broad SMARTS) is 1. The number of aliphatic hydroxyl groups is 1. The summed E-state index contributed by atoms with van der Waals surface area (Å²) in [6, 6.07) is -0.521. The summed E-state index contributed by atoms with van der Waals surface area (Å²) in [6.45, 7) is 18.8. The van der Waals surface area contributed by atoms with Crippen molar-refractivity contribution < 1.29 is 19.8 Å². The van der Waals surface area contributed by atoms with E-state index in [9.17, 15) is 19.8 Å². The Bertz CT molecular complexity index is 1100. The van der Waals surface area contributed by atoms with Crippen molar-refractivity contribution in [2.45, 2.75) is 133 Å². The second kappa shape index (κ2) is 28.2. The number of nitrogens with zero attached hydrogens (tertiary/aromatic N) is 1. The molecule has 0 aromatic heterocycles. The molecule has 0 saturated heterocycles. The van der Waals surface area contributed by atoms with E-state index in [-0.39, 0.29) is 17.2 Å². The van der Waals surface area contributed by atoms with Crippen molar-refractivity contribution >= 4 is 29.3 Å². The molecule has 0 aromatic carbocycles. The maximum Gasteiger partial charge on any atom is 0.339 e. The van der Waals surface area contributed by atoms with Gasteiger partial charge in [0.05, 0.1) is 6.04 Å². The monoisotopic (exact) mass is 661 g/mol. The van der Waals surface area contributed by atoms with E-state index in [4.69, 9.17) is 11.6 Å². The minimum absolute atomic E-state index is 0.101. The Morgan fingerprint density at radius 2 is 1.72 bits per heavy atom. The predicted octanol–water partition coefficient (Wildman–Crippen LogP) is 10.3. The summed E-state index contributed by atoms with van der Waals surface area (Å²) in [4.78, 5) is 29.0. The lowest BCUT2D eigenvalue weighted by molar-refractivity contribution is -0.132. The number of aliphatic carboxylic acids is 1. The second-order valence-electron chi connectivity index (χ2n) is 11.1. The summed E-state index contributed by atoms with van der Waals surface area (Å²) in [6.07, 6.45) is 21.0. The molecule has 262 valence electrons. The van der Waals surface area contributed by atoms with E-state index in [2.05, 4.69) is 62.4 Å². The van der Waals surface area contributed by atoms with Gasteiger partial charge in [-0.25, -0.2) is 4.79 Å². The van der Waals surface area contributed by atoms with E-state index in [0.717, 1.165) is 36.3 Å². The number of allylic oxidation sites excluding steroid dienone is 7. The lowest BCUT2D eigenvalue weighted by Crippen LogP contribution is -2.39. The number of carbonyl (C=O) groups is 2. The van der Waals surface area contributed by atoms with Gasteiger partial charge in [0.1, 0.15) is 17.2 Å². The van der Waals surface area contributed by atoms with Gasteiger partial charge in [-0.05, 0) is 60.5 Å². The number of aliphatic imine (C=N–C) groups is 1. The van der Waals surface area contributed by atoms with Gasteiger partial charge in [0.2, 0.25) is 5.91 Å². The van der Waals surface area contributed by atoms with Gasteiger partial charge in [0.25, 0.3) is 0 Å². The SMILES string of the molecule is CC.CC.CCCC.CCCC(C)CCC(=O)NC(CC(=NC)N/C=C/C1=CCC(C)C=C(Cl)C1)C1=CCC=C(O)C(C(=O)O)=C1. The quantitative estimate of drug-likeness (QED) is 0.116. The number of halogens is 1. The van der Waals surface area contributed by atoms with Crippen molar-refractivity contribution in [3.63, 3.8) is 0 Å². The number of aliphatic hydroxyl groups excluding tert-OH is 1. The molecule has 4 N–H and O–H groups in total. The highest BCUT2D eigenvalue weighted by molar-refractivity contribution is 6.29. The van der Waals surface area contributed by atoms with Crippen LogP contribution in [0.25, 0.3) is 0 Å². The first-order valence-electron chi connectivity index (χ1n) is 17.3. The van der Waals surface area contributed by atoms with Gasteiger partial charge in [-0.15, -0.1) is 0 Å². The lowest BCUT2D eigenvalue weighted by atomic mass is 9.98. The largest absolute Gasteiger partial charge is 0.507 e. The first kappa shape index (κ1) is 45.1. The fourth-order valence-electron chi connectivity index (χ4n) is 4.48. The van der Waals surface area contributed by atoms with Crippen molar-refractivity contribution in [2.75, 3.05) is 7.05 Å². The van der Waals surface area contributed by atoms with Crippen LogP contribution in [0.4, 0.5) is 0 Å². The third-order valence-electron chi connectivity index (χ3n) is 7.17. The van der Waals surface area contributed by atoms with E-state index in [1.165, 1.54) is 25.0 Å². The molecular weight excluding hydrogens is 598 g/mol. The molecule has 0 spiro atoms. The van der Waals surface area contributed by atoms with Crippen LogP contribution >= 0.6 is 11.6 Å². The van der Waals surface area contributed by atoms with Crippen LogP contribution in [0.15, 0.2) is 75.2 Å². The van der Waals surface area contributed by atoms with Crippen molar-refractivity contribution in [1.82, 2.24) is 10.6 Å². The number of hydrogen-bond acceptors (Lipinski definition) is 4. The van der Waals surface area contributed by atoms with Gasteiger partial charge in [-0.2, -0.15) is 0 Å². The number of carbonyl (C=O) groups excluding carboxylic acids is 1. The molecule has 2 aliphatic carbocycles. The first-order chi connectivity index (χ1) is 22.0. The average Bonchev–Trinajstić information content (AvgIpc) is 3.35. The van der Waals surface area contributed by atoms with Crippen LogP contribution in [-0.4, -0.2) is 41.0 Å². The summed E-state index contributed by atoms with van der Waals surface area (Å²) in [7, 11) is 1.67. The molecule has 2 aliphatic rings. The zero-order chi connectivity index (χ0) is 35.5. The van der Waals surface area contributed by atoms with Crippen LogP contribution < -0.4 is 10.6 Å². The number of hydrogen-bond donors (Lipinski definition) is 4.